The van der Waals surface area contributed by atoms with Gasteiger partial charge in [-0.1, -0.05) is 0 Å². The Kier molecular flexibility index (Phi) is 3.43. The largest absolute Gasteiger partial charge is 0.388 e. The summed E-state index contributed by atoms with van der Waals surface area (Å²) in [5, 5.41) is 15.7. The summed E-state index contributed by atoms with van der Waals surface area (Å²) in [7, 11) is 1.57. The Labute approximate surface area is 81.5 Å². The van der Waals surface area contributed by atoms with Crippen LogP contribution in [0.1, 0.15) is 13.3 Å². The molecule has 14 heavy (non-hydrogen) atoms. The first-order chi connectivity index (χ1) is 6.55. The van der Waals surface area contributed by atoms with Crippen molar-refractivity contribution in [3.8, 4) is 0 Å². The smallest absolute Gasteiger partial charge is 0.343 e. The van der Waals surface area contributed by atoms with Crippen LogP contribution in [0.3, 0.4) is 0 Å². The van der Waals surface area contributed by atoms with Crippen molar-refractivity contribution in [2.24, 2.45) is 0 Å². The molecule has 0 saturated carbocycles. The van der Waals surface area contributed by atoms with Gasteiger partial charge in [0.2, 0.25) is 0 Å². The van der Waals surface area contributed by atoms with E-state index in [1.165, 1.54) is 10.9 Å². The molecule has 6 heteroatoms. The topological polar surface area (TPSA) is 80.1 Å². The highest BCUT2D eigenvalue weighted by atomic mass is 16.5. The molecule has 0 spiro atoms. The third-order valence-electron chi connectivity index (χ3n) is 1.97. The maximum absolute atomic E-state index is 11.1. The third kappa shape index (κ3) is 2.97. The lowest BCUT2D eigenvalue weighted by Crippen LogP contribution is -2.35. The second-order valence-electron chi connectivity index (χ2n) is 3.53. The van der Waals surface area contributed by atoms with E-state index in [-0.39, 0.29) is 12.2 Å². The van der Waals surface area contributed by atoms with E-state index in [0.717, 1.165) is 0 Å². The molecular weight excluding hydrogens is 186 g/mol. The number of aromatic nitrogens is 3. The van der Waals surface area contributed by atoms with E-state index in [9.17, 15) is 9.90 Å². The van der Waals surface area contributed by atoms with E-state index in [4.69, 9.17) is 4.74 Å². The van der Waals surface area contributed by atoms with Gasteiger partial charge >= 0.3 is 5.69 Å². The van der Waals surface area contributed by atoms with E-state index >= 15 is 0 Å². The highest BCUT2D eigenvalue weighted by Crippen LogP contribution is 2.10. The number of hydrogen-bond acceptors (Lipinski definition) is 4. The lowest BCUT2D eigenvalue weighted by atomic mass is 10.0. The fourth-order valence-corrected chi connectivity index (χ4v) is 1.15. The molecule has 0 fully saturated rings. The van der Waals surface area contributed by atoms with Crippen LogP contribution < -0.4 is 5.69 Å². The second-order valence-corrected chi connectivity index (χ2v) is 3.53. The number of hydrogen-bond donors (Lipinski definition) is 2. The van der Waals surface area contributed by atoms with Gasteiger partial charge in [-0.25, -0.2) is 9.89 Å². The SMILES string of the molecule is COCCC(C)(O)Cn1cn[nH]c1=O. The number of nitrogens with zero attached hydrogens (tertiary/aromatic N) is 2. The van der Waals surface area contributed by atoms with Gasteiger partial charge in [0, 0.05) is 20.1 Å². The molecule has 80 valence electrons. The Hall–Kier alpha value is -1.14. The van der Waals surface area contributed by atoms with Crippen LogP contribution in [0.2, 0.25) is 0 Å². The summed E-state index contributed by atoms with van der Waals surface area (Å²) in [5.41, 5.74) is -1.27. The van der Waals surface area contributed by atoms with Gasteiger partial charge < -0.3 is 9.84 Å². The van der Waals surface area contributed by atoms with Gasteiger partial charge in [0.15, 0.2) is 0 Å². The number of aromatic amines is 1. The van der Waals surface area contributed by atoms with Crippen molar-refractivity contribution in [3.63, 3.8) is 0 Å². The zero-order valence-corrected chi connectivity index (χ0v) is 8.36. The molecular formula is C8H15N3O3. The molecule has 1 aromatic rings. The molecule has 0 saturated heterocycles. The molecule has 1 atom stereocenters. The number of rotatable bonds is 5. The average Bonchev–Trinajstić information content (AvgIpc) is 2.48. The Morgan fingerprint density at radius 3 is 3.00 bits per heavy atom. The summed E-state index contributed by atoms with van der Waals surface area (Å²) in [6.07, 6.45) is 1.84. The van der Waals surface area contributed by atoms with Crippen LogP contribution in [-0.4, -0.2) is 39.2 Å². The van der Waals surface area contributed by atoms with Gasteiger partial charge in [-0.3, -0.25) is 4.57 Å². The fourth-order valence-electron chi connectivity index (χ4n) is 1.15. The van der Waals surface area contributed by atoms with Gasteiger partial charge in [0.1, 0.15) is 6.33 Å². The van der Waals surface area contributed by atoms with Crippen molar-refractivity contribution in [2.45, 2.75) is 25.5 Å². The molecule has 0 aliphatic heterocycles. The quantitative estimate of drug-likeness (QED) is 0.664. The minimum Gasteiger partial charge on any atom is -0.388 e. The van der Waals surface area contributed by atoms with Crippen LogP contribution in [0.25, 0.3) is 0 Å². The van der Waals surface area contributed by atoms with Gasteiger partial charge in [-0.15, -0.1) is 0 Å². The average molecular weight is 201 g/mol. The second kappa shape index (κ2) is 4.39. The normalized spacial score (nSPS) is 15.4. The van der Waals surface area contributed by atoms with Crippen molar-refractivity contribution in [1.29, 1.82) is 0 Å². The van der Waals surface area contributed by atoms with Crippen LogP contribution in [0.5, 0.6) is 0 Å². The van der Waals surface area contributed by atoms with Crippen LogP contribution in [0.15, 0.2) is 11.1 Å². The van der Waals surface area contributed by atoms with Gasteiger partial charge in [0.05, 0.1) is 12.1 Å². The maximum Gasteiger partial charge on any atom is 0.343 e. The van der Waals surface area contributed by atoms with Crippen LogP contribution in [-0.2, 0) is 11.3 Å². The van der Waals surface area contributed by atoms with E-state index in [1.807, 2.05) is 0 Å². The maximum atomic E-state index is 11.1. The van der Waals surface area contributed by atoms with Crippen LogP contribution in [0.4, 0.5) is 0 Å². The predicted octanol–water partition coefficient (Wildman–Crippen LogP) is -0.641. The van der Waals surface area contributed by atoms with Gasteiger partial charge in [0.25, 0.3) is 0 Å². The predicted molar refractivity (Wildman–Crippen MR) is 50.0 cm³/mol. The molecule has 0 amide bonds. The van der Waals surface area contributed by atoms with Crippen molar-refractivity contribution in [2.75, 3.05) is 13.7 Å². The van der Waals surface area contributed by atoms with E-state index < -0.39 is 5.60 Å². The zero-order chi connectivity index (χ0) is 10.6. The van der Waals surface area contributed by atoms with Crippen LogP contribution in [0, 0.1) is 0 Å². The van der Waals surface area contributed by atoms with Gasteiger partial charge in [-0.05, 0) is 6.92 Å². The molecule has 1 heterocycles. The van der Waals surface area contributed by atoms with E-state index in [2.05, 4.69) is 10.2 Å². The minimum atomic E-state index is -0.955. The standard InChI is InChI=1S/C8H15N3O3/c1-8(13,3-4-14-2)5-11-6-9-10-7(11)12/h6,13H,3-5H2,1-2H3,(H,10,12). The van der Waals surface area contributed by atoms with Crippen molar-refractivity contribution in [1.82, 2.24) is 14.8 Å². The lowest BCUT2D eigenvalue weighted by Gasteiger charge is -2.22. The molecule has 0 aliphatic rings. The Morgan fingerprint density at radius 2 is 2.50 bits per heavy atom. The van der Waals surface area contributed by atoms with Crippen molar-refractivity contribution >= 4 is 0 Å². The molecule has 6 nitrogen and oxygen atoms in total. The Morgan fingerprint density at radius 1 is 1.79 bits per heavy atom. The number of nitrogens with one attached hydrogen (secondary N) is 1. The van der Waals surface area contributed by atoms with Crippen LogP contribution >= 0.6 is 0 Å². The lowest BCUT2D eigenvalue weighted by molar-refractivity contribution is 0.00930. The number of methoxy groups -OCH3 is 1. The highest BCUT2D eigenvalue weighted by Gasteiger charge is 2.21. The first-order valence-corrected chi connectivity index (χ1v) is 4.36. The monoisotopic (exact) mass is 201 g/mol. The first-order valence-electron chi connectivity index (χ1n) is 4.36. The Balaban J connectivity index is 2.59. The molecule has 0 radical (unpaired) electrons. The number of aliphatic hydroxyl groups is 1. The number of H-pyrrole nitrogens is 1. The summed E-state index contributed by atoms with van der Waals surface area (Å²) >= 11 is 0. The Bertz CT molecular complexity index is 329. The summed E-state index contributed by atoms with van der Waals surface area (Å²) < 4.78 is 6.19. The minimum absolute atomic E-state index is 0.214. The summed E-state index contributed by atoms with van der Waals surface area (Å²) in [4.78, 5) is 11.1. The molecule has 1 aromatic heterocycles. The molecule has 0 aliphatic carbocycles. The molecule has 0 bridgehead atoms. The molecule has 0 aromatic carbocycles. The summed E-state index contributed by atoms with van der Waals surface area (Å²) in [6, 6.07) is 0. The number of ether oxygens (including phenoxy) is 1. The van der Waals surface area contributed by atoms with Crippen molar-refractivity contribution < 1.29 is 9.84 Å². The van der Waals surface area contributed by atoms with Crippen molar-refractivity contribution in [3.05, 3.63) is 16.8 Å². The van der Waals surface area contributed by atoms with E-state index in [0.29, 0.717) is 13.0 Å². The van der Waals surface area contributed by atoms with E-state index in [1.54, 1.807) is 14.0 Å². The summed E-state index contributed by atoms with van der Waals surface area (Å²) in [5.74, 6) is 0. The summed E-state index contributed by atoms with van der Waals surface area (Å²) in [6.45, 7) is 2.33. The molecule has 1 unspecified atom stereocenters. The van der Waals surface area contributed by atoms with Gasteiger partial charge in [-0.2, -0.15) is 5.10 Å². The zero-order valence-electron chi connectivity index (χ0n) is 8.36. The molecule has 2 N–H and O–H groups in total. The highest BCUT2D eigenvalue weighted by molar-refractivity contribution is 4.76. The first kappa shape index (κ1) is 10.9. The fraction of sp³-hybridized carbons (Fsp3) is 0.750. The molecule has 1 rings (SSSR count). The third-order valence-corrected chi connectivity index (χ3v) is 1.97.